The first-order valence-corrected chi connectivity index (χ1v) is 4.79. The maximum Gasteiger partial charge on any atom is 0.0267 e. The van der Waals surface area contributed by atoms with E-state index in [-0.39, 0.29) is 0 Å². The molecule has 1 nitrogen and oxygen atoms in total. The monoisotopic (exact) mass is 173 g/mol. The normalized spacial score (nSPS) is 25.5. The molecule has 1 heterocycles. The average molecular weight is 173 g/mol. The van der Waals surface area contributed by atoms with Crippen LogP contribution in [0, 0.1) is 0 Å². The highest BCUT2D eigenvalue weighted by Gasteiger charge is 2.31. The largest absolute Gasteiger partial charge is 0.294 e. The predicted molar refractivity (Wildman–Crippen MR) is 55.7 cm³/mol. The summed E-state index contributed by atoms with van der Waals surface area (Å²) in [6, 6.07) is 11.4. The zero-order chi connectivity index (χ0) is 9.10. The topological polar surface area (TPSA) is 3.01 Å². The molecule has 1 aromatic rings. The summed E-state index contributed by atoms with van der Waals surface area (Å²) in [5.74, 6) is 0. The summed E-state index contributed by atoms with van der Waals surface area (Å²) in [5, 5.41) is 0. The fraction of sp³-hybridized carbons (Fsp3) is 0.333. The van der Waals surface area contributed by atoms with Crippen LogP contribution in [0.25, 0.3) is 0 Å². The quantitative estimate of drug-likeness (QED) is 0.498. The highest BCUT2D eigenvalue weighted by atomic mass is 15.3. The van der Waals surface area contributed by atoms with Gasteiger partial charge in [0.25, 0.3) is 0 Å². The van der Waals surface area contributed by atoms with Crippen LogP contribution in [0.5, 0.6) is 0 Å². The van der Waals surface area contributed by atoms with E-state index in [1.807, 2.05) is 6.08 Å². The van der Waals surface area contributed by atoms with E-state index in [0.717, 1.165) is 12.6 Å². The molecule has 1 saturated heterocycles. The Labute approximate surface area is 79.7 Å². The number of rotatable bonds is 4. The lowest BCUT2D eigenvalue weighted by molar-refractivity contribution is 0.559. The van der Waals surface area contributed by atoms with Crippen LogP contribution in [0.2, 0.25) is 0 Å². The maximum absolute atomic E-state index is 3.74. The van der Waals surface area contributed by atoms with Crippen molar-refractivity contribution in [3.05, 3.63) is 48.6 Å². The molecule has 0 aromatic heterocycles. The van der Waals surface area contributed by atoms with Gasteiger partial charge in [0.05, 0.1) is 0 Å². The highest BCUT2D eigenvalue weighted by Crippen LogP contribution is 2.20. The van der Waals surface area contributed by atoms with Crippen LogP contribution in [0.15, 0.2) is 43.0 Å². The molecule has 0 spiro atoms. The molecule has 1 aliphatic heterocycles. The maximum atomic E-state index is 3.74. The van der Waals surface area contributed by atoms with Gasteiger partial charge in [-0.15, -0.1) is 6.58 Å². The minimum atomic E-state index is 0.764. The number of nitrogens with zero attached hydrogens (tertiary/aromatic N) is 1. The molecule has 0 saturated carbocycles. The molecule has 1 aliphatic rings. The fourth-order valence-electron chi connectivity index (χ4n) is 1.69. The third-order valence-electron chi connectivity index (χ3n) is 2.51. The van der Waals surface area contributed by atoms with Crippen molar-refractivity contribution in [1.29, 1.82) is 0 Å². The third-order valence-corrected chi connectivity index (χ3v) is 2.51. The van der Waals surface area contributed by atoms with Crippen LogP contribution < -0.4 is 0 Å². The Morgan fingerprint density at radius 3 is 2.85 bits per heavy atom. The molecule has 0 bridgehead atoms. The molecular formula is C12H15N. The molecular weight excluding hydrogens is 158 g/mol. The Bertz CT molecular complexity index is 278. The number of benzene rings is 1. The van der Waals surface area contributed by atoms with Crippen LogP contribution in [-0.4, -0.2) is 24.0 Å². The van der Waals surface area contributed by atoms with Gasteiger partial charge in [-0.05, 0) is 12.0 Å². The molecule has 0 radical (unpaired) electrons. The van der Waals surface area contributed by atoms with Crippen molar-refractivity contribution < 1.29 is 0 Å². The summed E-state index contributed by atoms with van der Waals surface area (Å²) in [7, 11) is 0. The smallest absolute Gasteiger partial charge is 0.0267 e. The molecule has 1 heteroatoms. The van der Waals surface area contributed by atoms with Gasteiger partial charge in [-0.1, -0.05) is 36.4 Å². The van der Waals surface area contributed by atoms with Crippen LogP contribution in [0.3, 0.4) is 0 Å². The van der Waals surface area contributed by atoms with Crippen molar-refractivity contribution in [2.75, 3.05) is 13.1 Å². The lowest BCUT2D eigenvalue weighted by Crippen LogP contribution is -2.03. The SMILES string of the molecule is C=CCN1CC1Cc1ccccc1. The summed E-state index contributed by atoms with van der Waals surface area (Å²) in [6.07, 6.45) is 3.17. The van der Waals surface area contributed by atoms with E-state index in [1.54, 1.807) is 0 Å². The number of hydrogen-bond acceptors (Lipinski definition) is 1. The minimum Gasteiger partial charge on any atom is -0.294 e. The van der Waals surface area contributed by atoms with Crippen LogP contribution in [0.1, 0.15) is 5.56 Å². The molecule has 13 heavy (non-hydrogen) atoms. The van der Waals surface area contributed by atoms with Crippen molar-refractivity contribution in [2.45, 2.75) is 12.5 Å². The predicted octanol–water partition coefficient (Wildman–Crippen LogP) is 2.10. The second-order valence-electron chi connectivity index (χ2n) is 3.59. The standard InChI is InChI=1S/C12H15N/c1-2-8-13-10-12(13)9-11-6-4-3-5-7-11/h2-7,12H,1,8-10H2. The van der Waals surface area contributed by atoms with Gasteiger partial charge in [-0.25, -0.2) is 0 Å². The van der Waals surface area contributed by atoms with Crippen LogP contribution in [0.4, 0.5) is 0 Å². The second kappa shape index (κ2) is 3.75. The van der Waals surface area contributed by atoms with Crippen molar-refractivity contribution >= 4 is 0 Å². The minimum absolute atomic E-state index is 0.764. The molecule has 1 fully saturated rings. The van der Waals surface area contributed by atoms with Crippen molar-refractivity contribution in [3.63, 3.8) is 0 Å². The molecule has 0 aliphatic carbocycles. The summed E-state index contributed by atoms with van der Waals surface area (Å²) in [5.41, 5.74) is 1.44. The van der Waals surface area contributed by atoms with Crippen molar-refractivity contribution in [1.82, 2.24) is 4.90 Å². The van der Waals surface area contributed by atoms with Crippen molar-refractivity contribution in [3.8, 4) is 0 Å². The average Bonchev–Trinajstić information content (AvgIpc) is 2.86. The van der Waals surface area contributed by atoms with Gasteiger partial charge in [-0.2, -0.15) is 0 Å². The third kappa shape index (κ3) is 2.19. The first-order chi connectivity index (χ1) is 6.40. The van der Waals surface area contributed by atoms with Gasteiger partial charge < -0.3 is 0 Å². The van der Waals surface area contributed by atoms with Crippen LogP contribution in [-0.2, 0) is 6.42 Å². The van der Waals surface area contributed by atoms with Gasteiger partial charge in [0.15, 0.2) is 0 Å². The van der Waals surface area contributed by atoms with E-state index in [0.29, 0.717) is 0 Å². The Kier molecular flexibility index (Phi) is 2.46. The van der Waals surface area contributed by atoms with Gasteiger partial charge in [0.2, 0.25) is 0 Å². The second-order valence-corrected chi connectivity index (χ2v) is 3.59. The molecule has 0 N–H and O–H groups in total. The summed E-state index contributed by atoms with van der Waals surface area (Å²) < 4.78 is 0. The van der Waals surface area contributed by atoms with Gasteiger partial charge in [0, 0.05) is 19.1 Å². The Hall–Kier alpha value is -1.08. The lowest BCUT2D eigenvalue weighted by atomic mass is 10.1. The van der Waals surface area contributed by atoms with E-state index < -0.39 is 0 Å². The fourth-order valence-corrected chi connectivity index (χ4v) is 1.69. The molecule has 2 atom stereocenters. The van der Waals surface area contributed by atoms with E-state index in [1.165, 1.54) is 18.5 Å². The summed E-state index contributed by atoms with van der Waals surface area (Å²) >= 11 is 0. The molecule has 1 aromatic carbocycles. The number of hydrogen-bond donors (Lipinski definition) is 0. The Morgan fingerprint density at radius 1 is 1.38 bits per heavy atom. The Morgan fingerprint density at radius 2 is 2.15 bits per heavy atom. The van der Waals surface area contributed by atoms with E-state index >= 15 is 0 Å². The molecule has 2 rings (SSSR count). The summed E-state index contributed by atoms with van der Waals surface area (Å²) in [4.78, 5) is 2.43. The zero-order valence-corrected chi connectivity index (χ0v) is 7.82. The van der Waals surface area contributed by atoms with E-state index in [2.05, 4.69) is 41.8 Å². The van der Waals surface area contributed by atoms with Crippen molar-refractivity contribution in [2.24, 2.45) is 0 Å². The van der Waals surface area contributed by atoms with E-state index in [4.69, 9.17) is 0 Å². The van der Waals surface area contributed by atoms with E-state index in [9.17, 15) is 0 Å². The lowest BCUT2D eigenvalue weighted by Gasteiger charge is -2.00. The van der Waals surface area contributed by atoms with Gasteiger partial charge in [0.1, 0.15) is 0 Å². The van der Waals surface area contributed by atoms with Gasteiger partial charge >= 0.3 is 0 Å². The van der Waals surface area contributed by atoms with Gasteiger partial charge in [-0.3, -0.25) is 4.90 Å². The molecule has 0 amide bonds. The Balaban J connectivity index is 1.84. The first kappa shape index (κ1) is 8.52. The molecule has 2 unspecified atom stereocenters. The highest BCUT2D eigenvalue weighted by molar-refractivity contribution is 5.17. The molecule has 68 valence electrons. The zero-order valence-electron chi connectivity index (χ0n) is 7.82. The summed E-state index contributed by atoms with van der Waals surface area (Å²) in [6.45, 7) is 6.02. The van der Waals surface area contributed by atoms with Crippen LogP contribution >= 0.6 is 0 Å². The first-order valence-electron chi connectivity index (χ1n) is 4.79.